The average molecular weight is 296 g/mol. The third kappa shape index (κ3) is 1.02. The van der Waals surface area contributed by atoms with Crippen molar-refractivity contribution < 1.29 is 57.3 Å². The van der Waals surface area contributed by atoms with Gasteiger partial charge in [-0.15, -0.1) is 0 Å². The van der Waals surface area contributed by atoms with E-state index in [1.54, 1.807) is 0 Å². The van der Waals surface area contributed by atoms with Gasteiger partial charge in [0.05, 0.1) is 0 Å². The maximum absolute atomic E-state index is 11.1. The van der Waals surface area contributed by atoms with E-state index in [1.807, 2.05) is 0 Å². The predicted octanol–water partition coefficient (Wildman–Crippen LogP) is -2.02. The fraction of sp³-hybridized carbons (Fsp3) is 0. The van der Waals surface area contributed by atoms with Crippen LogP contribution in [-0.4, -0.2) is 35.8 Å². The van der Waals surface area contributed by atoms with Crippen molar-refractivity contribution in [1.29, 1.82) is 0 Å². The van der Waals surface area contributed by atoms with Crippen molar-refractivity contribution in [3.05, 3.63) is 0 Å². The molecule has 0 radical (unpaired) electrons. The van der Waals surface area contributed by atoms with Gasteiger partial charge in [-0.1, -0.05) is 0 Å². The molecule has 0 N–H and O–H groups in total. The van der Waals surface area contributed by atoms with Gasteiger partial charge in [0.15, 0.2) is 0 Å². The van der Waals surface area contributed by atoms with Crippen LogP contribution in [0.4, 0.5) is 0 Å². The minimum absolute atomic E-state index is 0. The Morgan fingerprint density at radius 1 is 0.474 bits per heavy atom. The van der Waals surface area contributed by atoms with Crippen molar-refractivity contribution >= 4 is 43.1 Å². The van der Waals surface area contributed by atoms with Gasteiger partial charge in [-0.25, -0.2) is 0 Å². The fourth-order valence-electron chi connectivity index (χ4n) is 1.52. The molecule has 12 nitrogen and oxygen atoms in total. The molecule has 3 aliphatic rings. The number of carbonyl (C=O) groups is 6. The largest absolute Gasteiger partial charge is 1.00 e. The van der Waals surface area contributed by atoms with Crippen LogP contribution >= 0.6 is 7.31 Å². The standard InChI is InChI=1S/C6O12P/c7-1-2(8)14-19(13-1,15-3(9)4(10)16-19)17-5(11)6(12)18-19/q-1/p+1. The van der Waals surface area contributed by atoms with Gasteiger partial charge in [0.2, 0.25) is 0 Å². The van der Waals surface area contributed by atoms with E-state index in [0.717, 1.165) is 0 Å². The molecule has 0 atom stereocenters. The Hall–Kier alpha value is -2.75. The molecule has 0 bridgehead atoms. The minimum Gasteiger partial charge on any atom is 1.00 e. The Labute approximate surface area is 101 Å². The van der Waals surface area contributed by atoms with Crippen LogP contribution < -0.4 is 0 Å². The molecule has 0 unspecified atom stereocenters. The Balaban J connectivity index is 0.00000147. The van der Waals surface area contributed by atoms with Crippen LogP contribution in [0.5, 0.6) is 0 Å². The zero-order valence-corrected chi connectivity index (χ0v) is 9.24. The van der Waals surface area contributed by atoms with Crippen LogP contribution in [0.2, 0.25) is 0 Å². The summed E-state index contributed by atoms with van der Waals surface area (Å²) >= 11 is 0. The molecular weight excluding hydrogens is 295 g/mol. The first-order valence-electron chi connectivity index (χ1n) is 4.29. The van der Waals surface area contributed by atoms with Crippen LogP contribution in [0.3, 0.4) is 0 Å². The summed E-state index contributed by atoms with van der Waals surface area (Å²) in [6.45, 7) is 0. The molecular formula is C6HO12P. The molecule has 3 fully saturated rings. The van der Waals surface area contributed by atoms with Crippen molar-refractivity contribution in [2.45, 2.75) is 0 Å². The molecule has 0 aromatic heterocycles. The Kier molecular flexibility index (Phi) is 1.41. The number of hydrogen-bond acceptors (Lipinski definition) is 12. The van der Waals surface area contributed by atoms with Crippen molar-refractivity contribution in [3.63, 3.8) is 0 Å². The van der Waals surface area contributed by atoms with Crippen molar-refractivity contribution in [2.24, 2.45) is 0 Å². The zero-order valence-electron chi connectivity index (χ0n) is 9.35. The van der Waals surface area contributed by atoms with Crippen LogP contribution in [-0.2, 0) is 55.9 Å². The Morgan fingerprint density at radius 2 is 0.632 bits per heavy atom. The molecule has 0 amide bonds. The monoisotopic (exact) mass is 296 g/mol. The first kappa shape index (κ1) is 11.3. The molecule has 3 heterocycles. The quantitative estimate of drug-likeness (QED) is 0.357. The predicted molar refractivity (Wildman–Crippen MR) is 44.6 cm³/mol. The Morgan fingerprint density at radius 3 is 0.789 bits per heavy atom. The van der Waals surface area contributed by atoms with E-state index in [2.05, 4.69) is 27.1 Å². The summed E-state index contributed by atoms with van der Waals surface area (Å²) in [6.07, 6.45) is 0. The second-order valence-corrected chi connectivity index (χ2v) is 6.72. The minimum atomic E-state index is -7.08. The van der Waals surface area contributed by atoms with Gasteiger partial charge in [-0.3, -0.25) is 0 Å². The number of carbonyl (C=O) groups excluding carboxylic acids is 6. The van der Waals surface area contributed by atoms with E-state index >= 15 is 0 Å². The molecule has 3 aliphatic heterocycles. The molecule has 0 aromatic carbocycles. The van der Waals surface area contributed by atoms with Crippen molar-refractivity contribution in [3.8, 4) is 0 Å². The van der Waals surface area contributed by atoms with Crippen LogP contribution in [0.1, 0.15) is 1.43 Å². The molecule has 1 spiro atoms. The maximum atomic E-state index is 11.1. The van der Waals surface area contributed by atoms with Crippen LogP contribution in [0, 0.1) is 0 Å². The van der Waals surface area contributed by atoms with E-state index in [-0.39, 0.29) is 1.43 Å². The average Bonchev–Trinajstić information content (AvgIpc) is 2.69. The molecule has 0 aliphatic carbocycles. The summed E-state index contributed by atoms with van der Waals surface area (Å²) in [5, 5.41) is 0. The first-order valence-corrected chi connectivity index (χ1v) is 6.49. The van der Waals surface area contributed by atoms with Crippen molar-refractivity contribution in [1.82, 2.24) is 0 Å². The van der Waals surface area contributed by atoms with Gasteiger partial charge >= 0.3 is 100 Å². The second kappa shape index (κ2) is 2.36. The maximum Gasteiger partial charge on any atom is 1.00 e. The first-order chi connectivity index (χ1) is 8.65. The van der Waals surface area contributed by atoms with Gasteiger partial charge in [0.25, 0.3) is 0 Å². The molecule has 3 saturated heterocycles. The zero-order chi connectivity index (χ0) is 14.1. The summed E-state index contributed by atoms with van der Waals surface area (Å²) < 4.78 is 25.2. The topological polar surface area (TPSA) is 158 Å². The summed E-state index contributed by atoms with van der Waals surface area (Å²) in [6, 6.07) is 0. The Bertz CT molecular complexity index is 502. The summed E-state index contributed by atoms with van der Waals surface area (Å²) in [5.41, 5.74) is 0. The molecule has 102 valence electrons. The third-order valence-electron chi connectivity index (χ3n) is 2.12. The van der Waals surface area contributed by atoms with E-state index in [0.29, 0.717) is 0 Å². The van der Waals surface area contributed by atoms with E-state index in [9.17, 15) is 28.8 Å². The molecule has 3 rings (SSSR count). The summed E-state index contributed by atoms with van der Waals surface area (Å²) in [5.74, 6) is -11.1. The number of rotatable bonds is 0. The van der Waals surface area contributed by atoms with Crippen LogP contribution in [0.15, 0.2) is 0 Å². The van der Waals surface area contributed by atoms with E-state index < -0.39 is 43.1 Å². The summed E-state index contributed by atoms with van der Waals surface area (Å²) in [4.78, 5) is 66.5. The normalized spacial score (nSPS) is 32.2. The second-order valence-electron chi connectivity index (χ2n) is 3.39. The van der Waals surface area contributed by atoms with Crippen molar-refractivity contribution in [2.75, 3.05) is 0 Å². The SMILES string of the molecule is O=C1O[P-]23(OC1=O)(OC(=O)C(=O)O2)OC(=O)C(=O)O3.[H+]. The fourth-order valence-corrected chi connectivity index (χ4v) is 4.56. The summed E-state index contributed by atoms with van der Waals surface area (Å²) in [7, 11) is -7.08. The molecule has 0 aromatic rings. The third-order valence-corrected chi connectivity index (χ3v) is 5.35. The van der Waals surface area contributed by atoms with Crippen LogP contribution in [0.25, 0.3) is 0 Å². The van der Waals surface area contributed by atoms with Gasteiger partial charge in [-0.2, -0.15) is 0 Å². The van der Waals surface area contributed by atoms with E-state index in [4.69, 9.17) is 0 Å². The molecule has 13 heteroatoms. The number of hydrogen-bond donors (Lipinski definition) is 0. The van der Waals surface area contributed by atoms with Gasteiger partial charge in [0.1, 0.15) is 0 Å². The molecule has 0 saturated carbocycles. The van der Waals surface area contributed by atoms with Gasteiger partial charge in [0, 0.05) is 0 Å². The molecule has 19 heavy (non-hydrogen) atoms. The van der Waals surface area contributed by atoms with E-state index in [1.165, 1.54) is 0 Å². The smallest absolute Gasteiger partial charge is 1.00 e. The van der Waals surface area contributed by atoms with Gasteiger partial charge in [-0.05, 0) is 0 Å². The van der Waals surface area contributed by atoms with Gasteiger partial charge < -0.3 is 0 Å².